The summed E-state index contributed by atoms with van der Waals surface area (Å²) < 4.78 is 0. The molecule has 0 amide bonds. The van der Waals surface area contributed by atoms with Crippen LogP contribution in [0.3, 0.4) is 0 Å². The molecule has 0 fully saturated rings. The van der Waals surface area contributed by atoms with E-state index >= 15 is 0 Å². The minimum atomic E-state index is -0.681. The Kier molecular flexibility index (Phi) is 3.01. The van der Waals surface area contributed by atoms with Gasteiger partial charge < -0.3 is 10.8 Å². The Balaban J connectivity index is 3.12. The van der Waals surface area contributed by atoms with Gasteiger partial charge in [0.2, 0.25) is 0 Å². The van der Waals surface area contributed by atoms with Crippen molar-refractivity contribution in [1.29, 1.82) is 0 Å². The lowest BCUT2D eigenvalue weighted by atomic mass is 9.91. The van der Waals surface area contributed by atoms with Crippen molar-refractivity contribution in [3.05, 3.63) is 29.6 Å². The molecule has 1 unspecified atom stereocenters. The molecule has 0 aliphatic rings. The van der Waals surface area contributed by atoms with Crippen molar-refractivity contribution in [3.8, 4) is 0 Å². The van der Waals surface area contributed by atoms with E-state index in [1.54, 1.807) is 12.4 Å². The summed E-state index contributed by atoms with van der Waals surface area (Å²) in [6, 6.07) is 1.94. The molecule has 1 rings (SSSR count). The Hall–Kier alpha value is -0.930. The number of pyridine rings is 1. The van der Waals surface area contributed by atoms with Crippen molar-refractivity contribution in [1.82, 2.24) is 4.98 Å². The van der Waals surface area contributed by atoms with E-state index < -0.39 is 5.54 Å². The molecule has 72 valence electrons. The second kappa shape index (κ2) is 3.85. The molecule has 3 nitrogen and oxygen atoms in total. The standard InChI is InChI=1S/C10H16N2O/c1-3-8-4-5-12-6-9(8)10(2,11)7-13/h4-6,13H,3,7,11H2,1-2H3. The molecular weight excluding hydrogens is 164 g/mol. The first-order valence-corrected chi connectivity index (χ1v) is 4.45. The topological polar surface area (TPSA) is 59.1 Å². The summed E-state index contributed by atoms with van der Waals surface area (Å²) in [5, 5.41) is 9.11. The van der Waals surface area contributed by atoms with Gasteiger partial charge >= 0.3 is 0 Å². The number of hydrogen-bond acceptors (Lipinski definition) is 3. The van der Waals surface area contributed by atoms with Crippen LogP contribution in [0.2, 0.25) is 0 Å². The number of aryl methyl sites for hydroxylation is 1. The Morgan fingerprint density at radius 1 is 1.62 bits per heavy atom. The zero-order valence-corrected chi connectivity index (χ0v) is 8.12. The van der Waals surface area contributed by atoms with E-state index in [9.17, 15) is 0 Å². The summed E-state index contributed by atoms with van der Waals surface area (Å²) in [6.45, 7) is 3.81. The van der Waals surface area contributed by atoms with Crippen LogP contribution in [0.5, 0.6) is 0 Å². The highest BCUT2D eigenvalue weighted by molar-refractivity contribution is 5.29. The Labute approximate surface area is 78.6 Å². The average Bonchev–Trinajstić information content (AvgIpc) is 2.18. The first kappa shape index (κ1) is 10.2. The molecule has 13 heavy (non-hydrogen) atoms. The monoisotopic (exact) mass is 180 g/mol. The summed E-state index contributed by atoms with van der Waals surface area (Å²) in [5.41, 5.74) is 7.32. The molecule has 0 spiro atoms. The zero-order chi connectivity index (χ0) is 9.90. The highest BCUT2D eigenvalue weighted by Crippen LogP contribution is 2.20. The van der Waals surface area contributed by atoms with Gasteiger partial charge in [0.15, 0.2) is 0 Å². The maximum absolute atomic E-state index is 9.11. The smallest absolute Gasteiger partial charge is 0.0651 e. The van der Waals surface area contributed by atoms with Gasteiger partial charge in [0.1, 0.15) is 0 Å². The molecule has 1 aromatic heterocycles. The zero-order valence-electron chi connectivity index (χ0n) is 8.12. The van der Waals surface area contributed by atoms with Crippen LogP contribution in [-0.4, -0.2) is 16.7 Å². The number of aliphatic hydroxyl groups is 1. The fraction of sp³-hybridized carbons (Fsp3) is 0.500. The van der Waals surface area contributed by atoms with Crippen molar-refractivity contribution >= 4 is 0 Å². The van der Waals surface area contributed by atoms with E-state index in [-0.39, 0.29) is 6.61 Å². The van der Waals surface area contributed by atoms with Gasteiger partial charge in [-0.3, -0.25) is 4.98 Å². The number of nitrogens with two attached hydrogens (primary N) is 1. The Bertz CT molecular complexity index is 284. The second-order valence-electron chi connectivity index (χ2n) is 3.46. The van der Waals surface area contributed by atoms with Gasteiger partial charge in [-0.2, -0.15) is 0 Å². The first-order valence-electron chi connectivity index (χ1n) is 4.45. The van der Waals surface area contributed by atoms with E-state index in [0.29, 0.717) is 0 Å². The van der Waals surface area contributed by atoms with Gasteiger partial charge in [-0.25, -0.2) is 0 Å². The van der Waals surface area contributed by atoms with Crippen LogP contribution >= 0.6 is 0 Å². The third kappa shape index (κ3) is 2.05. The predicted molar refractivity (Wildman–Crippen MR) is 52.2 cm³/mol. The summed E-state index contributed by atoms with van der Waals surface area (Å²) in [4.78, 5) is 4.02. The van der Waals surface area contributed by atoms with Crippen molar-refractivity contribution in [2.45, 2.75) is 25.8 Å². The average molecular weight is 180 g/mol. The third-order valence-corrected chi connectivity index (χ3v) is 2.24. The van der Waals surface area contributed by atoms with Crippen LogP contribution in [0.4, 0.5) is 0 Å². The first-order chi connectivity index (χ1) is 6.11. The normalized spacial score (nSPS) is 15.4. The molecule has 0 saturated heterocycles. The number of hydrogen-bond donors (Lipinski definition) is 2. The van der Waals surface area contributed by atoms with Gasteiger partial charge in [-0.15, -0.1) is 0 Å². The Morgan fingerprint density at radius 2 is 2.31 bits per heavy atom. The highest BCUT2D eigenvalue weighted by Gasteiger charge is 2.22. The molecule has 0 aromatic carbocycles. The maximum atomic E-state index is 9.11. The SMILES string of the molecule is CCc1ccncc1C(C)(N)CO. The molecule has 3 N–H and O–H groups in total. The molecule has 0 radical (unpaired) electrons. The molecule has 1 heterocycles. The number of nitrogens with zero attached hydrogens (tertiary/aromatic N) is 1. The lowest BCUT2D eigenvalue weighted by molar-refractivity contribution is 0.209. The number of rotatable bonds is 3. The van der Waals surface area contributed by atoms with Crippen LogP contribution in [0, 0.1) is 0 Å². The Morgan fingerprint density at radius 3 is 2.85 bits per heavy atom. The van der Waals surface area contributed by atoms with Crippen molar-refractivity contribution in [3.63, 3.8) is 0 Å². The maximum Gasteiger partial charge on any atom is 0.0651 e. The third-order valence-electron chi connectivity index (χ3n) is 2.24. The van der Waals surface area contributed by atoms with Gasteiger partial charge in [-0.05, 0) is 30.5 Å². The molecule has 0 aliphatic heterocycles. The van der Waals surface area contributed by atoms with E-state index in [1.807, 2.05) is 13.0 Å². The number of aromatic nitrogens is 1. The van der Waals surface area contributed by atoms with Gasteiger partial charge in [-0.1, -0.05) is 6.92 Å². The molecule has 0 bridgehead atoms. The van der Waals surface area contributed by atoms with Crippen molar-refractivity contribution in [2.75, 3.05) is 6.61 Å². The van der Waals surface area contributed by atoms with E-state index in [4.69, 9.17) is 10.8 Å². The van der Waals surface area contributed by atoms with E-state index in [2.05, 4.69) is 11.9 Å². The lowest BCUT2D eigenvalue weighted by Crippen LogP contribution is -2.38. The van der Waals surface area contributed by atoms with Crippen LogP contribution in [0.15, 0.2) is 18.5 Å². The minimum absolute atomic E-state index is 0.0638. The summed E-state index contributed by atoms with van der Waals surface area (Å²) in [5.74, 6) is 0. The minimum Gasteiger partial charge on any atom is -0.394 e. The van der Waals surface area contributed by atoms with Gasteiger partial charge in [0, 0.05) is 12.4 Å². The van der Waals surface area contributed by atoms with Crippen LogP contribution in [-0.2, 0) is 12.0 Å². The second-order valence-corrected chi connectivity index (χ2v) is 3.46. The van der Waals surface area contributed by atoms with E-state index in [1.165, 1.54) is 0 Å². The summed E-state index contributed by atoms with van der Waals surface area (Å²) in [6.07, 6.45) is 4.38. The summed E-state index contributed by atoms with van der Waals surface area (Å²) in [7, 11) is 0. The molecule has 0 saturated carbocycles. The lowest BCUT2D eigenvalue weighted by Gasteiger charge is -2.24. The summed E-state index contributed by atoms with van der Waals surface area (Å²) >= 11 is 0. The molecule has 1 aromatic rings. The molecular formula is C10H16N2O. The fourth-order valence-electron chi connectivity index (χ4n) is 1.33. The quantitative estimate of drug-likeness (QED) is 0.723. The van der Waals surface area contributed by atoms with Gasteiger partial charge in [0.25, 0.3) is 0 Å². The molecule has 3 heteroatoms. The highest BCUT2D eigenvalue weighted by atomic mass is 16.3. The van der Waals surface area contributed by atoms with Crippen molar-refractivity contribution in [2.24, 2.45) is 5.73 Å². The van der Waals surface area contributed by atoms with E-state index in [0.717, 1.165) is 17.5 Å². The number of aliphatic hydroxyl groups excluding tert-OH is 1. The predicted octanol–water partition coefficient (Wildman–Crippen LogP) is 0.810. The molecule has 1 atom stereocenters. The van der Waals surface area contributed by atoms with Gasteiger partial charge in [0.05, 0.1) is 12.1 Å². The largest absolute Gasteiger partial charge is 0.394 e. The fourth-order valence-corrected chi connectivity index (χ4v) is 1.33. The molecule has 0 aliphatic carbocycles. The van der Waals surface area contributed by atoms with Crippen LogP contribution in [0.1, 0.15) is 25.0 Å². The van der Waals surface area contributed by atoms with Crippen LogP contribution < -0.4 is 5.73 Å². The van der Waals surface area contributed by atoms with Crippen LogP contribution in [0.25, 0.3) is 0 Å². The van der Waals surface area contributed by atoms with Crippen molar-refractivity contribution < 1.29 is 5.11 Å².